The van der Waals surface area contributed by atoms with Crippen LogP contribution >= 0.6 is 0 Å². The van der Waals surface area contributed by atoms with Crippen LogP contribution in [-0.2, 0) is 10.0 Å². The third-order valence-electron chi connectivity index (χ3n) is 2.21. The van der Waals surface area contributed by atoms with E-state index in [0.717, 1.165) is 10.5 Å². The van der Waals surface area contributed by atoms with Gasteiger partial charge in [0.1, 0.15) is 23.2 Å². The molecule has 1 rings (SSSR count). The third-order valence-corrected chi connectivity index (χ3v) is 4.04. The quantitative estimate of drug-likeness (QED) is 0.735. The van der Waals surface area contributed by atoms with Gasteiger partial charge >= 0.3 is 0 Å². The largest absolute Gasteiger partial charge is 0.245 e. The number of nitriles is 2. The van der Waals surface area contributed by atoms with Gasteiger partial charge in [-0.15, -0.1) is 0 Å². The van der Waals surface area contributed by atoms with Crippen LogP contribution in [0.5, 0.6) is 0 Å². The third kappa shape index (κ3) is 3.04. The van der Waals surface area contributed by atoms with E-state index in [9.17, 15) is 8.42 Å². The molecule has 0 spiro atoms. The van der Waals surface area contributed by atoms with Gasteiger partial charge in [-0.25, -0.2) is 13.4 Å². The van der Waals surface area contributed by atoms with Crippen LogP contribution in [0.3, 0.4) is 0 Å². The first-order chi connectivity index (χ1) is 8.56. The zero-order valence-corrected chi connectivity index (χ0v) is 10.7. The molecule has 0 amide bonds. The molecule has 0 radical (unpaired) electrons. The van der Waals surface area contributed by atoms with Gasteiger partial charge in [-0.2, -0.15) is 14.8 Å². The van der Waals surface area contributed by atoms with Crippen LogP contribution in [0.2, 0.25) is 0 Å². The molecular formula is C11H12N4O2S. The highest BCUT2D eigenvalue weighted by molar-refractivity contribution is 7.89. The molecule has 0 aromatic carbocycles. The molecule has 18 heavy (non-hydrogen) atoms. The predicted octanol–water partition coefficient (Wildman–Crippen LogP) is 0.878. The summed E-state index contributed by atoms with van der Waals surface area (Å²) in [6.45, 7) is 1.91. The second-order valence-electron chi connectivity index (χ2n) is 3.49. The van der Waals surface area contributed by atoms with Crippen LogP contribution in [0.4, 0.5) is 0 Å². The fraction of sp³-hybridized carbons (Fsp3) is 0.364. The van der Waals surface area contributed by atoms with E-state index in [0.29, 0.717) is 6.42 Å². The molecule has 0 saturated heterocycles. The molecule has 6 nitrogen and oxygen atoms in total. The van der Waals surface area contributed by atoms with Crippen LogP contribution in [0.1, 0.15) is 19.0 Å². The Hall–Kier alpha value is -1.96. The van der Waals surface area contributed by atoms with Crippen LogP contribution in [-0.4, -0.2) is 30.8 Å². The fourth-order valence-corrected chi connectivity index (χ4v) is 2.74. The van der Waals surface area contributed by atoms with Crippen LogP contribution in [0.25, 0.3) is 0 Å². The fourth-order valence-electron chi connectivity index (χ4n) is 1.36. The highest BCUT2D eigenvalue weighted by Gasteiger charge is 2.23. The summed E-state index contributed by atoms with van der Waals surface area (Å²) in [6, 6.07) is 6.30. The SMILES string of the molecule is CCCN(CC#N)S(=O)(=O)c1ccc(C#N)nc1. The van der Waals surface area contributed by atoms with Crippen molar-refractivity contribution in [3.63, 3.8) is 0 Å². The molecular weight excluding hydrogens is 252 g/mol. The van der Waals surface area contributed by atoms with Gasteiger partial charge in [-0.1, -0.05) is 6.92 Å². The predicted molar refractivity (Wildman–Crippen MR) is 63.6 cm³/mol. The monoisotopic (exact) mass is 264 g/mol. The Morgan fingerprint density at radius 3 is 2.56 bits per heavy atom. The van der Waals surface area contributed by atoms with Crippen molar-refractivity contribution in [3.8, 4) is 12.1 Å². The van der Waals surface area contributed by atoms with E-state index < -0.39 is 10.0 Å². The lowest BCUT2D eigenvalue weighted by Gasteiger charge is -2.18. The number of hydrogen-bond donors (Lipinski definition) is 0. The Balaban J connectivity index is 3.11. The van der Waals surface area contributed by atoms with Crippen LogP contribution in [0.15, 0.2) is 23.2 Å². The van der Waals surface area contributed by atoms with Gasteiger partial charge in [-0.05, 0) is 18.6 Å². The smallest absolute Gasteiger partial charge is 0.244 e. The Labute approximate surface area is 106 Å². The zero-order chi connectivity index (χ0) is 13.6. The maximum absolute atomic E-state index is 12.2. The second-order valence-corrected chi connectivity index (χ2v) is 5.43. The van der Waals surface area contributed by atoms with Gasteiger partial charge in [0.05, 0.1) is 6.07 Å². The Morgan fingerprint density at radius 2 is 2.11 bits per heavy atom. The Morgan fingerprint density at radius 1 is 1.39 bits per heavy atom. The van der Waals surface area contributed by atoms with E-state index in [-0.39, 0.29) is 23.7 Å². The second kappa shape index (κ2) is 6.10. The van der Waals surface area contributed by atoms with Gasteiger partial charge in [0, 0.05) is 12.7 Å². The lowest BCUT2D eigenvalue weighted by atomic mass is 10.4. The number of hydrogen-bond acceptors (Lipinski definition) is 5. The average Bonchev–Trinajstić information content (AvgIpc) is 2.38. The maximum Gasteiger partial charge on any atom is 0.245 e. The first kappa shape index (κ1) is 14.1. The van der Waals surface area contributed by atoms with E-state index in [2.05, 4.69) is 4.98 Å². The highest BCUT2D eigenvalue weighted by Crippen LogP contribution is 2.14. The molecule has 0 aliphatic carbocycles. The van der Waals surface area contributed by atoms with Gasteiger partial charge in [0.25, 0.3) is 0 Å². The van der Waals surface area contributed by atoms with Crippen molar-refractivity contribution in [3.05, 3.63) is 24.0 Å². The van der Waals surface area contributed by atoms with Crippen molar-refractivity contribution in [1.29, 1.82) is 10.5 Å². The number of sulfonamides is 1. The van der Waals surface area contributed by atoms with Crippen molar-refractivity contribution >= 4 is 10.0 Å². The van der Waals surface area contributed by atoms with Crippen molar-refractivity contribution in [2.45, 2.75) is 18.2 Å². The van der Waals surface area contributed by atoms with Crippen LogP contribution < -0.4 is 0 Å². The molecule has 94 valence electrons. The van der Waals surface area contributed by atoms with E-state index in [1.807, 2.05) is 19.1 Å². The molecule has 0 aliphatic rings. The first-order valence-corrected chi connectivity index (χ1v) is 6.73. The van der Waals surface area contributed by atoms with Crippen molar-refractivity contribution < 1.29 is 8.42 Å². The minimum atomic E-state index is -3.71. The molecule has 0 bridgehead atoms. The maximum atomic E-state index is 12.2. The van der Waals surface area contributed by atoms with Crippen molar-refractivity contribution in [2.24, 2.45) is 0 Å². The summed E-state index contributed by atoms with van der Waals surface area (Å²) in [5.41, 5.74) is 0.149. The van der Waals surface area contributed by atoms with Crippen LogP contribution in [0, 0.1) is 22.7 Å². The summed E-state index contributed by atoms with van der Waals surface area (Å²) in [7, 11) is -3.71. The first-order valence-electron chi connectivity index (χ1n) is 5.29. The molecule has 0 aliphatic heterocycles. The molecule has 0 N–H and O–H groups in total. The summed E-state index contributed by atoms with van der Waals surface area (Å²) < 4.78 is 25.4. The number of pyridine rings is 1. The van der Waals surface area contributed by atoms with Gasteiger partial charge in [0.15, 0.2) is 0 Å². The van der Waals surface area contributed by atoms with Gasteiger partial charge in [0.2, 0.25) is 10.0 Å². The molecule has 0 atom stereocenters. The Kier molecular flexibility index (Phi) is 4.78. The van der Waals surface area contributed by atoms with E-state index >= 15 is 0 Å². The Bertz CT molecular complexity index is 581. The molecule has 0 fully saturated rings. The molecule has 1 aromatic heterocycles. The number of rotatable bonds is 5. The standard InChI is InChI=1S/C11H12N4O2S/c1-2-6-15(7-5-12)18(16,17)11-4-3-10(8-13)14-9-11/h3-4,9H,2,6-7H2,1H3. The molecule has 7 heteroatoms. The summed E-state index contributed by atoms with van der Waals surface area (Å²) in [5, 5.41) is 17.2. The summed E-state index contributed by atoms with van der Waals surface area (Å²) >= 11 is 0. The van der Waals surface area contributed by atoms with Crippen molar-refractivity contribution in [2.75, 3.05) is 13.1 Å². The van der Waals surface area contributed by atoms with E-state index in [1.54, 1.807) is 0 Å². The van der Waals surface area contributed by atoms with E-state index in [1.165, 1.54) is 12.1 Å². The number of aromatic nitrogens is 1. The normalized spacial score (nSPS) is 10.9. The minimum Gasteiger partial charge on any atom is -0.244 e. The molecule has 1 heterocycles. The van der Waals surface area contributed by atoms with Gasteiger partial charge in [-0.3, -0.25) is 0 Å². The number of nitrogens with zero attached hydrogens (tertiary/aromatic N) is 4. The minimum absolute atomic E-state index is 0.00907. The zero-order valence-electron chi connectivity index (χ0n) is 9.87. The molecule has 1 aromatic rings. The summed E-state index contributed by atoms with van der Waals surface area (Å²) in [6.07, 6.45) is 1.75. The topological polar surface area (TPSA) is 97.9 Å². The molecule has 0 saturated carbocycles. The van der Waals surface area contributed by atoms with Gasteiger partial charge < -0.3 is 0 Å². The average molecular weight is 264 g/mol. The highest BCUT2D eigenvalue weighted by atomic mass is 32.2. The summed E-state index contributed by atoms with van der Waals surface area (Å²) in [4.78, 5) is 3.71. The summed E-state index contributed by atoms with van der Waals surface area (Å²) in [5.74, 6) is 0. The lowest BCUT2D eigenvalue weighted by molar-refractivity contribution is 0.444. The lowest BCUT2D eigenvalue weighted by Crippen LogP contribution is -2.32. The molecule has 0 unspecified atom stereocenters. The van der Waals surface area contributed by atoms with E-state index in [4.69, 9.17) is 10.5 Å². The van der Waals surface area contributed by atoms with Crippen molar-refractivity contribution in [1.82, 2.24) is 9.29 Å².